The molecule has 0 spiro atoms. The van der Waals surface area contributed by atoms with Gasteiger partial charge in [0.1, 0.15) is 17.3 Å². The summed E-state index contributed by atoms with van der Waals surface area (Å²) in [7, 11) is 0. The van der Waals surface area contributed by atoms with Gasteiger partial charge >= 0.3 is 0 Å². The quantitative estimate of drug-likeness (QED) is 0.739. The predicted octanol–water partition coefficient (Wildman–Crippen LogP) is 2.39. The van der Waals surface area contributed by atoms with Crippen LogP contribution in [0, 0.1) is 13.8 Å². The summed E-state index contributed by atoms with van der Waals surface area (Å²) in [5, 5.41) is 7.02. The van der Waals surface area contributed by atoms with Crippen molar-refractivity contribution in [3.8, 4) is 11.5 Å². The minimum atomic E-state index is -0.161. The molecule has 0 aromatic carbocycles. The number of rotatable bonds is 3. The summed E-state index contributed by atoms with van der Waals surface area (Å²) in [6.07, 6.45) is 1.76. The van der Waals surface area contributed by atoms with Crippen LogP contribution in [0.15, 0.2) is 33.5 Å². The molecule has 1 amide bonds. The molecule has 1 saturated heterocycles. The lowest BCUT2D eigenvalue weighted by Gasteiger charge is -2.32. The van der Waals surface area contributed by atoms with E-state index in [-0.39, 0.29) is 17.4 Å². The van der Waals surface area contributed by atoms with E-state index in [1.54, 1.807) is 17.9 Å². The van der Waals surface area contributed by atoms with Gasteiger partial charge in [0.05, 0.1) is 5.69 Å². The SMILES string of the molecule is Cc1nc(C2CCCN(C(=O)c3cc(-c4ccc(C)o4)[nH]n3)C2)cc(=O)[nH]1. The lowest BCUT2D eigenvalue weighted by atomic mass is 9.94. The number of likely N-dealkylation sites (tertiary alicyclic amines) is 1. The maximum absolute atomic E-state index is 12.9. The molecule has 3 aromatic rings. The molecule has 3 aromatic heterocycles. The van der Waals surface area contributed by atoms with E-state index >= 15 is 0 Å². The van der Waals surface area contributed by atoms with Gasteiger partial charge in [0.2, 0.25) is 0 Å². The van der Waals surface area contributed by atoms with E-state index in [1.165, 1.54) is 6.07 Å². The van der Waals surface area contributed by atoms with E-state index in [4.69, 9.17) is 4.42 Å². The molecule has 1 atom stereocenters. The second-order valence-electron chi connectivity index (χ2n) is 6.92. The smallest absolute Gasteiger partial charge is 0.274 e. The molecule has 1 unspecified atom stereocenters. The molecule has 0 saturated carbocycles. The van der Waals surface area contributed by atoms with Crippen LogP contribution < -0.4 is 5.56 Å². The third kappa shape index (κ3) is 3.55. The molecule has 1 fully saturated rings. The fourth-order valence-corrected chi connectivity index (χ4v) is 3.51. The average molecular weight is 367 g/mol. The second-order valence-corrected chi connectivity index (χ2v) is 6.92. The number of amides is 1. The molecule has 4 heterocycles. The second kappa shape index (κ2) is 6.86. The maximum atomic E-state index is 12.9. The summed E-state index contributed by atoms with van der Waals surface area (Å²) in [6.45, 7) is 4.82. The van der Waals surface area contributed by atoms with E-state index in [9.17, 15) is 9.59 Å². The number of hydrogen-bond acceptors (Lipinski definition) is 5. The Bertz CT molecular complexity index is 1030. The summed E-state index contributed by atoms with van der Waals surface area (Å²) in [4.78, 5) is 33.5. The number of furan rings is 1. The molecule has 0 bridgehead atoms. The van der Waals surface area contributed by atoms with Crippen LogP contribution in [-0.2, 0) is 0 Å². The van der Waals surface area contributed by atoms with Crippen molar-refractivity contribution in [2.24, 2.45) is 0 Å². The summed E-state index contributed by atoms with van der Waals surface area (Å²) in [6, 6.07) is 6.94. The topological polar surface area (TPSA) is 108 Å². The molecule has 0 aliphatic carbocycles. The first-order valence-electron chi connectivity index (χ1n) is 8.99. The van der Waals surface area contributed by atoms with Crippen LogP contribution in [0.2, 0.25) is 0 Å². The van der Waals surface area contributed by atoms with Crippen molar-refractivity contribution in [1.82, 2.24) is 25.1 Å². The van der Waals surface area contributed by atoms with Crippen molar-refractivity contribution in [2.45, 2.75) is 32.6 Å². The molecule has 140 valence electrons. The Hall–Kier alpha value is -3.16. The number of carbonyl (C=O) groups excluding carboxylic acids is 1. The lowest BCUT2D eigenvalue weighted by molar-refractivity contribution is 0.0700. The van der Waals surface area contributed by atoms with E-state index in [0.29, 0.717) is 36.1 Å². The molecule has 27 heavy (non-hydrogen) atoms. The standard InChI is InChI=1S/C19H21N5O3/c1-11-5-6-17(27-11)15-8-16(23-22-15)19(26)24-7-3-4-13(10-24)14-9-18(25)21-12(2)20-14/h5-6,8-9,13H,3-4,7,10H2,1-2H3,(H,22,23)(H,20,21,25). The number of nitrogens with zero attached hydrogens (tertiary/aromatic N) is 3. The van der Waals surface area contributed by atoms with Gasteiger partial charge in [-0.3, -0.25) is 14.7 Å². The fourth-order valence-electron chi connectivity index (χ4n) is 3.51. The number of piperidine rings is 1. The van der Waals surface area contributed by atoms with Crippen LogP contribution in [0.3, 0.4) is 0 Å². The van der Waals surface area contributed by atoms with E-state index < -0.39 is 0 Å². The minimum Gasteiger partial charge on any atom is -0.460 e. The Morgan fingerprint density at radius 1 is 1.30 bits per heavy atom. The molecule has 4 rings (SSSR count). The van der Waals surface area contributed by atoms with Crippen molar-refractivity contribution in [3.05, 3.63) is 57.6 Å². The van der Waals surface area contributed by atoms with Crippen LogP contribution in [0.5, 0.6) is 0 Å². The Balaban J connectivity index is 1.52. The Labute approximate surface area is 155 Å². The third-order valence-electron chi connectivity index (χ3n) is 4.81. The highest BCUT2D eigenvalue weighted by Gasteiger charge is 2.28. The van der Waals surface area contributed by atoms with Gasteiger partial charge in [-0.2, -0.15) is 5.10 Å². The number of aromatic amines is 2. The van der Waals surface area contributed by atoms with Gasteiger partial charge in [-0.1, -0.05) is 0 Å². The van der Waals surface area contributed by atoms with Crippen LogP contribution in [0.4, 0.5) is 0 Å². The lowest BCUT2D eigenvalue weighted by Crippen LogP contribution is -2.39. The number of aryl methyl sites for hydroxylation is 2. The molecule has 1 aliphatic rings. The highest BCUT2D eigenvalue weighted by Crippen LogP contribution is 2.27. The van der Waals surface area contributed by atoms with Gasteiger partial charge < -0.3 is 14.3 Å². The molecule has 0 radical (unpaired) electrons. The fraction of sp³-hybridized carbons (Fsp3) is 0.368. The first-order chi connectivity index (χ1) is 13.0. The van der Waals surface area contributed by atoms with Gasteiger partial charge in [-0.05, 0) is 38.8 Å². The number of H-pyrrole nitrogens is 2. The minimum absolute atomic E-state index is 0.0508. The highest BCUT2D eigenvalue weighted by molar-refractivity contribution is 5.93. The normalized spacial score (nSPS) is 17.3. The summed E-state index contributed by atoms with van der Waals surface area (Å²) < 4.78 is 5.57. The van der Waals surface area contributed by atoms with E-state index in [1.807, 2.05) is 19.1 Å². The monoisotopic (exact) mass is 367 g/mol. The van der Waals surface area contributed by atoms with Gasteiger partial charge in [0, 0.05) is 31.1 Å². The molecule has 2 N–H and O–H groups in total. The summed E-state index contributed by atoms with van der Waals surface area (Å²) in [5.74, 6) is 1.96. The molecular weight excluding hydrogens is 346 g/mol. The zero-order valence-electron chi connectivity index (χ0n) is 15.3. The number of aromatic nitrogens is 4. The largest absolute Gasteiger partial charge is 0.460 e. The molecule has 1 aliphatic heterocycles. The van der Waals surface area contributed by atoms with Gasteiger partial charge in [-0.25, -0.2) is 4.98 Å². The first-order valence-corrected chi connectivity index (χ1v) is 8.99. The van der Waals surface area contributed by atoms with Crippen molar-refractivity contribution in [2.75, 3.05) is 13.1 Å². The summed E-state index contributed by atoms with van der Waals surface area (Å²) >= 11 is 0. The van der Waals surface area contributed by atoms with Gasteiger partial charge in [0.15, 0.2) is 11.5 Å². The molecule has 8 nitrogen and oxygen atoms in total. The number of hydrogen-bond donors (Lipinski definition) is 2. The Morgan fingerprint density at radius 2 is 2.15 bits per heavy atom. The van der Waals surface area contributed by atoms with Crippen LogP contribution >= 0.6 is 0 Å². The molecular formula is C19H21N5O3. The van der Waals surface area contributed by atoms with Crippen molar-refractivity contribution < 1.29 is 9.21 Å². The van der Waals surface area contributed by atoms with Crippen molar-refractivity contribution >= 4 is 5.91 Å². The Kier molecular flexibility index (Phi) is 4.39. The van der Waals surface area contributed by atoms with E-state index in [0.717, 1.165) is 24.3 Å². The Morgan fingerprint density at radius 3 is 2.89 bits per heavy atom. The van der Waals surface area contributed by atoms with Crippen molar-refractivity contribution in [3.63, 3.8) is 0 Å². The zero-order chi connectivity index (χ0) is 19.0. The van der Waals surface area contributed by atoms with Crippen molar-refractivity contribution in [1.29, 1.82) is 0 Å². The van der Waals surface area contributed by atoms with Crippen LogP contribution in [0.25, 0.3) is 11.5 Å². The number of nitrogens with one attached hydrogen (secondary N) is 2. The van der Waals surface area contributed by atoms with Crippen LogP contribution in [-0.4, -0.2) is 44.1 Å². The van der Waals surface area contributed by atoms with Crippen LogP contribution in [0.1, 0.15) is 46.5 Å². The predicted molar refractivity (Wildman–Crippen MR) is 98.5 cm³/mol. The highest BCUT2D eigenvalue weighted by atomic mass is 16.3. The maximum Gasteiger partial charge on any atom is 0.274 e. The zero-order valence-corrected chi connectivity index (χ0v) is 15.3. The van der Waals surface area contributed by atoms with Gasteiger partial charge in [-0.15, -0.1) is 0 Å². The number of carbonyl (C=O) groups is 1. The van der Waals surface area contributed by atoms with E-state index in [2.05, 4.69) is 20.2 Å². The van der Waals surface area contributed by atoms with Gasteiger partial charge in [0.25, 0.3) is 11.5 Å². The first kappa shape index (κ1) is 17.3. The average Bonchev–Trinajstić information content (AvgIpc) is 3.29. The third-order valence-corrected chi connectivity index (χ3v) is 4.81. The molecule has 8 heteroatoms. The summed E-state index contributed by atoms with van der Waals surface area (Å²) in [5.41, 5.74) is 1.61.